The molecule has 0 radical (unpaired) electrons. The van der Waals surface area contributed by atoms with E-state index < -0.39 is 0 Å². The Balaban J connectivity index is 1.04. The van der Waals surface area contributed by atoms with Crippen LogP contribution in [-0.4, -0.2) is 15.0 Å². The first-order valence-electron chi connectivity index (χ1n) is 22.0. The highest BCUT2D eigenvalue weighted by molar-refractivity contribution is 6.31. The van der Waals surface area contributed by atoms with Crippen LogP contribution in [0, 0.1) is 17.8 Å². The summed E-state index contributed by atoms with van der Waals surface area (Å²) in [4.78, 5) is 15.7. The van der Waals surface area contributed by atoms with Crippen LogP contribution in [0.15, 0.2) is 174 Å². The highest BCUT2D eigenvalue weighted by atomic mass is 16.3. The third-order valence-electron chi connectivity index (χ3n) is 14.5. The van der Waals surface area contributed by atoms with Gasteiger partial charge in [0.2, 0.25) is 0 Å². The van der Waals surface area contributed by atoms with Crippen molar-refractivity contribution in [3.05, 3.63) is 175 Å². The van der Waals surface area contributed by atoms with Crippen LogP contribution < -0.4 is 0 Å². The molecule has 2 heterocycles. The Bertz CT molecular complexity index is 3280. The summed E-state index contributed by atoms with van der Waals surface area (Å²) in [5.41, 5.74) is 10.9. The topological polar surface area (TPSA) is 51.8 Å². The van der Waals surface area contributed by atoms with Gasteiger partial charge in [-0.15, -0.1) is 0 Å². The quantitative estimate of drug-likeness (QED) is 0.158. The second-order valence-corrected chi connectivity index (χ2v) is 18.2. The molecule has 0 aliphatic heterocycles. The minimum absolute atomic E-state index is 0.345. The average Bonchev–Trinajstić information content (AvgIpc) is 3.72. The Morgan fingerprint density at radius 3 is 1.48 bits per heavy atom. The van der Waals surface area contributed by atoms with E-state index in [0.29, 0.717) is 22.9 Å². The molecule has 4 bridgehead atoms. The second kappa shape index (κ2) is 13.6. The van der Waals surface area contributed by atoms with Gasteiger partial charge in [-0.05, 0) is 118 Å². The lowest BCUT2D eigenvalue weighted by Crippen LogP contribution is -2.48. The van der Waals surface area contributed by atoms with Crippen LogP contribution in [0.5, 0.6) is 0 Å². The lowest BCUT2D eigenvalue weighted by atomic mass is 9.48. The molecular formula is C57H43N3O. The summed E-state index contributed by atoms with van der Waals surface area (Å²) in [6.07, 6.45) is 8.43. The third-order valence-corrected chi connectivity index (χ3v) is 14.5. The number of rotatable bonds is 6. The molecule has 8 aromatic carbocycles. The van der Waals surface area contributed by atoms with Crippen molar-refractivity contribution in [1.82, 2.24) is 15.0 Å². The molecule has 292 valence electrons. The Kier molecular flexibility index (Phi) is 7.76. The fourth-order valence-corrected chi connectivity index (χ4v) is 12.1. The van der Waals surface area contributed by atoms with Crippen molar-refractivity contribution in [1.29, 1.82) is 0 Å². The lowest BCUT2D eigenvalue weighted by Gasteiger charge is -2.57. The SMILES string of the molecule is c1ccc(-c2ccc(-c3nc(-c4ccccc4)nc(-c4cc(-c5ccc(C67CC8CC(CC(C8)C6)C7)cc5)cc5c4oc4c6ccccc6c6ccccc6c54)n3)cc2)cc1. The monoisotopic (exact) mass is 785 g/mol. The molecule has 4 nitrogen and oxygen atoms in total. The molecule has 0 unspecified atom stereocenters. The summed E-state index contributed by atoms with van der Waals surface area (Å²) in [7, 11) is 0. The van der Waals surface area contributed by atoms with E-state index in [-0.39, 0.29) is 0 Å². The summed E-state index contributed by atoms with van der Waals surface area (Å²) in [5, 5.41) is 6.85. The molecule has 0 saturated heterocycles. The van der Waals surface area contributed by atoms with Crippen LogP contribution in [0.1, 0.15) is 44.1 Å². The predicted octanol–water partition coefficient (Wildman–Crippen LogP) is 14.9. The zero-order chi connectivity index (χ0) is 40.1. The number of nitrogens with zero attached hydrogens (tertiary/aromatic N) is 3. The number of hydrogen-bond donors (Lipinski definition) is 0. The Morgan fingerprint density at radius 1 is 0.377 bits per heavy atom. The normalized spacial score (nSPS) is 20.6. The summed E-state index contributed by atoms with van der Waals surface area (Å²) in [5.74, 6) is 4.55. The molecule has 0 spiro atoms. The van der Waals surface area contributed by atoms with E-state index in [1.807, 2.05) is 24.3 Å². The van der Waals surface area contributed by atoms with Gasteiger partial charge in [0.25, 0.3) is 0 Å². The van der Waals surface area contributed by atoms with Gasteiger partial charge in [0, 0.05) is 27.3 Å². The average molecular weight is 786 g/mol. The first kappa shape index (κ1) is 34.9. The summed E-state index contributed by atoms with van der Waals surface area (Å²) < 4.78 is 7.16. The zero-order valence-corrected chi connectivity index (χ0v) is 33.9. The van der Waals surface area contributed by atoms with Gasteiger partial charge in [-0.25, -0.2) is 15.0 Å². The van der Waals surface area contributed by atoms with Gasteiger partial charge < -0.3 is 4.42 Å². The first-order chi connectivity index (χ1) is 30.1. The van der Waals surface area contributed by atoms with Crippen LogP contribution in [0.2, 0.25) is 0 Å². The number of hydrogen-bond acceptors (Lipinski definition) is 4. The van der Waals surface area contributed by atoms with Crippen molar-refractivity contribution in [3.8, 4) is 56.4 Å². The van der Waals surface area contributed by atoms with E-state index in [1.54, 1.807) is 0 Å². The Labute approximate surface area is 355 Å². The largest absolute Gasteiger partial charge is 0.455 e. The molecule has 61 heavy (non-hydrogen) atoms. The van der Waals surface area contributed by atoms with E-state index in [4.69, 9.17) is 19.4 Å². The van der Waals surface area contributed by atoms with E-state index in [2.05, 4.69) is 146 Å². The van der Waals surface area contributed by atoms with Gasteiger partial charge in [0.1, 0.15) is 11.2 Å². The molecule has 14 rings (SSSR count). The number of furan rings is 1. The van der Waals surface area contributed by atoms with Gasteiger partial charge in [-0.1, -0.05) is 158 Å². The van der Waals surface area contributed by atoms with Crippen LogP contribution in [0.3, 0.4) is 0 Å². The molecule has 0 amide bonds. The standard InChI is InChI=1S/C57H43N3O/c1-3-11-38(12-4-1)39-19-21-42(22-20-39)55-58-54(41-13-5-2-6-14-41)59-56(60-55)50-31-43(40-23-25-44(26-24-40)57-32-35-27-36(33-57)29-37(28-35)34-57)30-49-51-47-17-9-7-15-45(47)46-16-8-10-18-48(46)53(51)61-52(49)50/h1-26,30-31,35-37H,27-29,32-34H2. The van der Waals surface area contributed by atoms with Crippen LogP contribution in [0.4, 0.5) is 0 Å². The van der Waals surface area contributed by atoms with Crippen molar-refractivity contribution >= 4 is 43.5 Å². The second-order valence-electron chi connectivity index (χ2n) is 18.2. The van der Waals surface area contributed by atoms with Crippen molar-refractivity contribution in [2.45, 2.75) is 43.9 Å². The highest BCUT2D eigenvalue weighted by Gasteiger charge is 2.51. The van der Waals surface area contributed by atoms with Crippen molar-refractivity contribution < 1.29 is 4.42 Å². The van der Waals surface area contributed by atoms with E-state index in [9.17, 15) is 0 Å². The molecule has 2 aromatic heterocycles. The Morgan fingerprint density at radius 2 is 0.836 bits per heavy atom. The summed E-state index contributed by atoms with van der Waals surface area (Å²) in [6.45, 7) is 0. The van der Waals surface area contributed by atoms with E-state index in [1.165, 1.54) is 71.4 Å². The summed E-state index contributed by atoms with van der Waals surface area (Å²) in [6, 6.07) is 60.8. The molecule has 4 aliphatic rings. The molecule has 4 saturated carbocycles. The van der Waals surface area contributed by atoms with Crippen LogP contribution in [-0.2, 0) is 5.41 Å². The maximum Gasteiger partial charge on any atom is 0.167 e. The zero-order valence-electron chi connectivity index (χ0n) is 33.9. The lowest BCUT2D eigenvalue weighted by molar-refractivity contribution is -0.00518. The maximum absolute atomic E-state index is 7.16. The number of aromatic nitrogens is 3. The summed E-state index contributed by atoms with van der Waals surface area (Å²) >= 11 is 0. The molecule has 10 aromatic rings. The predicted molar refractivity (Wildman–Crippen MR) is 249 cm³/mol. The molecule has 0 N–H and O–H groups in total. The smallest absolute Gasteiger partial charge is 0.167 e. The van der Waals surface area contributed by atoms with Gasteiger partial charge in [-0.3, -0.25) is 0 Å². The number of benzene rings is 8. The Hall–Kier alpha value is -6.91. The van der Waals surface area contributed by atoms with Gasteiger partial charge in [0.15, 0.2) is 17.5 Å². The van der Waals surface area contributed by atoms with Gasteiger partial charge >= 0.3 is 0 Å². The van der Waals surface area contributed by atoms with Crippen molar-refractivity contribution in [3.63, 3.8) is 0 Å². The highest BCUT2D eigenvalue weighted by Crippen LogP contribution is 2.61. The fourth-order valence-electron chi connectivity index (χ4n) is 12.1. The van der Waals surface area contributed by atoms with Gasteiger partial charge in [0.05, 0.1) is 5.56 Å². The molecule has 0 atom stereocenters. The first-order valence-corrected chi connectivity index (χ1v) is 22.0. The molecule has 4 fully saturated rings. The van der Waals surface area contributed by atoms with Crippen molar-refractivity contribution in [2.24, 2.45) is 17.8 Å². The van der Waals surface area contributed by atoms with Crippen LogP contribution in [0.25, 0.3) is 99.9 Å². The number of fused-ring (bicyclic) bond motifs is 8. The van der Waals surface area contributed by atoms with Crippen molar-refractivity contribution in [2.75, 3.05) is 0 Å². The van der Waals surface area contributed by atoms with Crippen LogP contribution >= 0.6 is 0 Å². The maximum atomic E-state index is 7.16. The molecule has 4 heteroatoms. The van der Waals surface area contributed by atoms with E-state index in [0.717, 1.165) is 72.9 Å². The van der Waals surface area contributed by atoms with E-state index >= 15 is 0 Å². The minimum atomic E-state index is 0.345. The van der Waals surface area contributed by atoms with Gasteiger partial charge in [-0.2, -0.15) is 0 Å². The fraction of sp³-hybridized carbons (Fsp3) is 0.175. The minimum Gasteiger partial charge on any atom is -0.455 e. The molecule has 4 aliphatic carbocycles. The third kappa shape index (κ3) is 5.69. The molecular weight excluding hydrogens is 743 g/mol.